The summed E-state index contributed by atoms with van der Waals surface area (Å²) in [5.74, 6) is 2.21. The molecule has 0 saturated heterocycles. The maximum absolute atomic E-state index is 10.2. The van der Waals surface area contributed by atoms with E-state index in [1.165, 1.54) is 114 Å². The Kier molecular flexibility index (Phi) is 16.8. The van der Waals surface area contributed by atoms with Gasteiger partial charge in [-0.25, -0.2) is 0 Å². The van der Waals surface area contributed by atoms with Gasteiger partial charge in [0.1, 0.15) is 5.75 Å². The Balaban J connectivity index is 2.08. The first-order chi connectivity index (χ1) is 15.0. The summed E-state index contributed by atoms with van der Waals surface area (Å²) in [7, 11) is 0. The van der Waals surface area contributed by atoms with Crippen LogP contribution in [0.3, 0.4) is 0 Å². The highest BCUT2D eigenvalue weighted by Crippen LogP contribution is 2.23. The lowest BCUT2D eigenvalue weighted by Crippen LogP contribution is -1.92. The summed E-state index contributed by atoms with van der Waals surface area (Å²) < 4.78 is 0. The van der Waals surface area contributed by atoms with Crippen LogP contribution in [-0.4, -0.2) is 5.11 Å². The summed E-state index contributed by atoms with van der Waals surface area (Å²) in [6.45, 7) is 9.29. The molecule has 31 heavy (non-hydrogen) atoms. The molecule has 0 heterocycles. The molecule has 1 heteroatoms. The Bertz CT molecular complexity index is 531. The molecule has 1 aromatic carbocycles. The first-order valence-electron chi connectivity index (χ1n) is 13.8. The van der Waals surface area contributed by atoms with Gasteiger partial charge in [-0.3, -0.25) is 0 Å². The molecule has 1 nitrogen and oxygen atoms in total. The predicted octanol–water partition coefficient (Wildman–Crippen LogP) is 10.0. The van der Waals surface area contributed by atoms with Crippen molar-refractivity contribution in [1.82, 2.24) is 0 Å². The number of phenols is 1. The second kappa shape index (κ2) is 18.6. The monoisotopic (exact) mass is 430 g/mol. The molecule has 0 aliphatic carbocycles. The maximum Gasteiger partial charge on any atom is 0.118 e. The molecule has 0 aromatic heterocycles. The lowest BCUT2D eigenvalue weighted by atomic mass is 9.98. The number of hydrogen-bond acceptors (Lipinski definition) is 1. The molecule has 0 fully saturated rings. The Morgan fingerprint density at radius 1 is 0.548 bits per heavy atom. The SMILES string of the molecule is CC(C)CCCCCCCCCc1ccc(O)c(CCCCCCCCCC(C)C)c1. The first-order valence-corrected chi connectivity index (χ1v) is 13.8. The molecule has 0 radical (unpaired) electrons. The van der Waals surface area contributed by atoms with Crippen LogP contribution in [0.15, 0.2) is 18.2 Å². The van der Waals surface area contributed by atoms with Crippen LogP contribution in [0.1, 0.15) is 142 Å². The van der Waals surface area contributed by atoms with Gasteiger partial charge in [-0.1, -0.05) is 130 Å². The number of aromatic hydroxyl groups is 1. The van der Waals surface area contributed by atoms with Gasteiger partial charge in [0, 0.05) is 0 Å². The van der Waals surface area contributed by atoms with E-state index in [2.05, 4.69) is 39.8 Å². The van der Waals surface area contributed by atoms with Crippen molar-refractivity contribution in [3.8, 4) is 5.75 Å². The highest BCUT2D eigenvalue weighted by Gasteiger charge is 2.04. The van der Waals surface area contributed by atoms with E-state index in [1.54, 1.807) is 0 Å². The Labute approximate surface area is 195 Å². The quantitative estimate of drug-likeness (QED) is 0.204. The van der Waals surface area contributed by atoms with E-state index < -0.39 is 0 Å². The molecule has 1 N–H and O–H groups in total. The van der Waals surface area contributed by atoms with E-state index in [-0.39, 0.29) is 0 Å². The summed E-state index contributed by atoms with van der Waals surface area (Å²) in [4.78, 5) is 0. The number of benzene rings is 1. The number of unbranched alkanes of at least 4 members (excludes halogenated alkanes) is 12. The molecule has 0 aliphatic heterocycles. The largest absolute Gasteiger partial charge is 0.508 e. The minimum Gasteiger partial charge on any atom is -0.508 e. The van der Waals surface area contributed by atoms with E-state index in [1.807, 2.05) is 6.07 Å². The fraction of sp³-hybridized carbons (Fsp3) is 0.800. The van der Waals surface area contributed by atoms with Crippen LogP contribution in [0.2, 0.25) is 0 Å². The minimum absolute atomic E-state index is 0.499. The van der Waals surface area contributed by atoms with E-state index in [9.17, 15) is 5.11 Å². The number of hydrogen-bond donors (Lipinski definition) is 1. The Hall–Kier alpha value is -0.980. The molecular weight excluding hydrogens is 376 g/mol. The van der Waals surface area contributed by atoms with Crippen LogP contribution in [0.25, 0.3) is 0 Å². The van der Waals surface area contributed by atoms with Gasteiger partial charge >= 0.3 is 0 Å². The first kappa shape index (κ1) is 28.1. The third-order valence-corrected chi connectivity index (χ3v) is 6.62. The van der Waals surface area contributed by atoms with Crippen molar-refractivity contribution in [2.75, 3.05) is 0 Å². The third-order valence-electron chi connectivity index (χ3n) is 6.62. The number of aryl methyl sites for hydroxylation is 2. The molecule has 0 spiro atoms. The molecule has 0 saturated carbocycles. The second-order valence-electron chi connectivity index (χ2n) is 10.8. The maximum atomic E-state index is 10.2. The fourth-order valence-corrected chi connectivity index (χ4v) is 4.51. The summed E-state index contributed by atoms with van der Waals surface area (Å²) in [6, 6.07) is 6.32. The van der Waals surface area contributed by atoms with Crippen LogP contribution in [0.5, 0.6) is 5.75 Å². The molecule has 0 amide bonds. The van der Waals surface area contributed by atoms with Gasteiger partial charge in [-0.05, 0) is 54.7 Å². The van der Waals surface area contributed by atoms with E-state index in [0.717, 1.165) is 24.7 Å². The fourth-order valence-electron chi connectivity index (χ4n) is 4.51. The van der Waals surface area contributed by atoms with Crippen molar-refractivity contribution in [1.29, 1.82) is 0 Å². The van der Waals surface area contributed by atoms with E-state index in [0.29, 0.717) is 5.75 Å². The average Bonchev–Trinajstić information content (AvgIpc) is 2.72. The van der Waals surface area contributed by atoms with Crippen molar-refractivity contribution in [2.45, 2.75) is 143 Å². The zero-order chi connectivity index (χ0) is 22.7. The third kappa shape index (κ3) is 16.3. The summed E-state index contributed by atoms with van der Waals surface area (Å²) in [5.41, 5.74) is 2.58. The zero-order valence-electron chi connectivity index (χ0n) is 21.6. The molecule has 0 atom stereocenters. The molecular formula is C30H54O. The summed E-state index contributed by atoms with van der Waals surface area (Å²) in [6.07, 6.45) is 24.0. The van der Waals surface area contributed by atoms with Crippen molar-refractivity contribution in [3.05, 3.63) is 29.3 Å². The van der Waals surface area contributed by atoms with E-state index >= 15 is 0 Å². The molecule has 180 valence electrons. The summed E-state index contributed by atoms with van der Waals surface area (Å²) in [5, 5.41) is 10.2. The van der Waals surface area contributed by atoms with Crippen LogP contribution >= 0.6 is 0 Å². The highest BCUT2D eigenvalue weighted by molar-refractivity contribution is 5.36. The Morgan fingerprint density at radius 2 is 0.968 bits per heavy atom. The zero-order valence-corrected chi connectivity index (χ0v) is 21.6. The molecule has 1 rings (SSSR count). The lowest BCUT2D eigenvalue weighted by Gasteiger charge is -2.09. The van der Waals surface area contributed by atoms with Gasteiger partial charge in [0.2, 0.25) is 0 Å². The second-order valence-corrected chi connectivity index (χ2v) is 10.8. The van der Waals surface area contributed by atoms with Crippen LogP contribution in [0, 0.1) is 11.8 Å². The van der Waals surface area contributed by atoms with Gasteiger partial charge in [0.25, 0.3) is 0 Å². The van der Waals surface area contributed by atoms with Gasteiger partial charge in [0.05, 0.1) is 0 Å². The Morgan fingerprint density at radius 3 is 1.45 bits per heavy atom. The standard InChI is InChI=1S/C30H54O/c1-26(2)19-15-11-7-5-9-13-17-21-28-23-24-30(31)29(25-28)22-18-14-10-6-8-12-16-20-27(3)4/h23-27,31H,5-22H2,1-4H3. The number of rotatable bonds is 20. The predicted molar refractivity (Wildman–Crippen MR) is 139 cm³/mol. The van der Waals surface area contributed by atoms with Crippen LogP contribution < -0.4 is 0 Å². The van der Waals surface area contributed by atoms with Crippen molar-refractivity contribution in [3.63, 3.8) is 0 Å². The van der Waals surface area contributed by atoms with Gasteiger partial charge < -0.3 is 5.11 Å². The lowest BCUT2D eigenvalue weighted by molar-refractivity contribution is 0.465. The van der Waals surface area contributed by atoms with Gasteiger partial charge in [0.15, 0.2) is 0 Å². The molecule has 1 aromatic rings. The van der Waals surface area contributed by atoms with Gasteiger partial charge in [-0.15, -0.1) is 0 Å². The topological polar surface area (TPSA) is 20.2 Å². The van der Waals surface area contributed by atoms with Crippen LogP contribution in [0.4, 0.5) is 0 Å². The summed E-state index contributed by atoms with van der Waals surface area (Å²) >= 11 is 0. The van der Waals surface area contributed by atoms with Crippen molar-refractivity contribution >= 4 is 0 Å². The molecule has 0 aliphatic rings. The van der Waals surface area contributed by atoms with E-state index in [4.69, 9.17) is 0 Å². The van der Waals surface area contributed by atoms with Gasteiger partial charge in [-0.2, -0.15) is 0 Å². The van der Waals surface area contributed by atoms with Crippen LogP contribution in [-0.2, 0) is 12.8 Å². The molecule has 0 bridgehead atoms. The van der Waals surface area contributed by atoms with Crippen molar-refractivity contribution < 1.29 is 5.11 Å². The highest BCUT2D eigenvalue weighted by atomic mass is 16.3. The normalized spacial score (nSPS) is 11.7. The minimum atomic E-state index is 0.499. The average molecular weight is 431 g/mol. The number of phenolic OH excluding ortho intramolecular Hbond substituents is 1. The smallest absolute Gasteiger partial charge is 0.118 e. The molecule has 0 unspecified atom stereocenters. The van der Waals surface area contributed by atoms with Crippen molar-refractivity contribution in [2.24, 2.45) is 11.8 Å².